The van der Waals surface area contributed by atoms with Crippen molar-refractivity contribution in [1.82, 2.24) is 25.1 Å². The SMILES string of the molecule is N#CCC1CCN(c2nc(Nc3ccc(N4CCC[C@H](O)C4)nc3)c3c(=O)[nH]ncc3n2)CC1. The van der Waals surface area contributed by atoms with E-state index in [1.807, 2.05) is 12.1 Å². The number of rotatable bonds is 5. The number of nitrogens with one attached hydrogen (secondary N) is 2. The topological polar surface area (TPSA) is 147 Å². The zero-order chi connectivity index (χ0) is 23.5. The van der Waals surface area contributed by atoms with E-state index in [9.17, 15) is 9.90 Å². The van der Waals surface area contributed by atoms with Crippen LogP contribution < -0.4 is 20.7 Å². The summed E-state index contributed by atoms with van der Waals surface area (Å²) < 4.78 is 0. The van der Waals surface area contributed by atoms with Gasteiger partial charge >= 0.3 is 0 Å². The van der Waals surface area contributed by atoms with Gasteiger partial charge in [-0.2, -0.15) is 15.3 Å². The molecular formula is C23H27N9O2. The molecule has 3 aromatic heterocycles. The first kappa shape index (κ1) is 22.0. The van der Waals surface area contributed by atoms with Crippen LogP contribution in [0.5, 0.6) is 0 Å². The molecule has 2 fully saturated rings. The summed E-state index contributed by atoms with van der Waals surface area (Å²) in [5.74, 6) is 2.13. The van der Waals surface area contributed by atoms with E-state index in [1.165, 1.54) is 6.20 Å². The third kappa shape index (κ3) is 4.63. The lowest BCUT2D eigenvalue weighted by Gasteiger charge is -2.31. The number of nitrogens with zero attached hydrogens (tertiary/aromatic N) is 7. The van der Waals surface area contributed by atoms with Gasteiger partial charge in [-0.05, 0) is 43.7 Å². The van der Waals surface area contributed by atoms with E-state index in [-0.39, 0.29) is 11.7 Å². The summed E-state index contributed by atoms with van der Waals surface area (Å²) in [6.07, 6.45) is 7.03. The largest absolute Gasteiger partial charge is 0.391 e. The van der Waals surface area contributed by atoms with Crippen LogP contribution in [0, 0.1) is 17.2 Å². The molecule has 3 aromatic rings. The predicted molar refractivity (Wildman–Crippen MR) is 128 cm³/mol. The summed E-state index contributed by atoms with van der Waals surface area (Å²) in [7, 11) is 0. The van der Waals surface area contributed by atoms with Crippen LogP contribution in [0.4, 0.5) is 23.3 Å². The molecular weight excluding hydrogens is 434 g/mol. The molecule has 0 aliphatic carbocycles. The normalized spacial score (nSPS) is 19.2. The molecule has 1 atom stereocenters. The van der Waals surface area contributed by atoms with Crippen molar-refractivity contribution >= 4 is 34.2 Å². The van der Waals surface area contributed by atoms with Crippen LogP contribution in [0.15, 0.2) is 29.3 Å². The Kier molecular flexibility index (Phi) is 6.22. The van der Waals surface area contributed by atoms with Gasteiger partial charge in [0.15, 0.2) is 0 Å². The molecule has 176 valence electrons. The summed E-state index contributed by atoms with van der Waals surface area (Å²) in [5, 5.41) is 28.8. The number of aromatic nitrogens is 5. The van der Waals surface area contributed by atoms with Crippen LogP contribution in [-0.2, 0) is 0 Å². The van der Waals surface area contributed by atoms with Crippen molar-refractivity contribution in [2.75, 3.05) is 41.3 Å². The van der Waals surface area contributed by atoms with Crippen molar-refractivity contribution in [3.05, 3.63) is 34.9 Å². The molecule has 0 radical (unpaired) electrons. The highest BCUT2D eigenvalue weighted by Gasteiger charge is 2.23. The number of hydrogen-bond donors (Lipinski definition) is 3. The first-order valence-electron chi connectivity index (χ1n) is 11.6. The van der Waals surface area contributed by atoms with Crippen LogP contribution >= 0.6 is 0 Å². The quantitative estimate of drug-likeness (QED) is 0.515. The maximum absolute atomic E-state index is 12.6. The second-order valence-electron chi connectivity index (χ2n) is 8.90. The number of aromatic amines is 1. The Morgan fingerprint density at radius 3 is 2.74 bits per heavy atom. The number of nitriles is 1. The lowest BCUT2D eigenvalue weighted by molar-refractivity contribution is 0.154. The van der Waals surface area contributed by atoms with E-state index in [1.54, 1.807) is 6.20 Å². The minimum atomic E-state index is -0.369. The van der Waals surface area contributed by atoms with Gasteiger partial charge in [-0.25, -0.2) is 15.1 Å². The highest BCUT2D eigenvalue weighted by molar-refractivity contribution is 5.90. The van der Waals surface area contributed by atoms with Gasteiger partial charge < -0.3 is 20.2 Å². The van der Waals surface area contributed by atoms with Gasteiger partial charge in [0.2, 0.25) is 5.95 Å². The monoisotopic (exact) mass is 461 g/mol. The molecule has 3 N–H and O–H groups in total. The highest BCUT2D eigenvalue weighted by Crippen LogP contribution is 2.28. The van der Waals surface area contributed by atoms with Crippen molar-refractivity contribution in [3.8, 4) is 6.07 Å². The fourth-order valence-corrected chi connectivity index (χ4v) is 4.64. The van der Waals surface area contributed by atoms with Gasteiger partial charge in [-0.15, -0.1) is 0 Å². The Hall–Kier alpha value is -3.78. The molecule has 5 rings (SSSR count). The molecule has 34 heavy (non-hydrogen) atoms. The first-order chi connectivity index (χ1) is 16.6. The molecule has 2 saturated heterocycles. The summed E-state index contributed by atoms with van der Waals surface area (Å²) in [6.45, 7) is 2.95. The number of H-pyrrole nitrogens is 1. The molecule has 2 aliphatic rings. The van der Waals surface area contributed by atoms with Crippen LogP contribution in [0.2, 0.25) is 0 Å². The smallest absolute Gasteiger partial charge is 0.277 e. The highest BCUT2D eigenvalue weighted by atomic mass is 16.3. The van der Waals surface area contributed by atoms with E-state index in [4.69, 9.17) is 10.2 Å². The molecule has 2 aliphatic heterocycles. The van der Waals surface area contributed by atoms with Crippen LogP contribution in [0.25, 0.3) is 10.9 Å². The van der Waals surface area contributed by atoms with Crippen molar-refractivity contribution in [1.29, 1.82) is 5.26 Å². The fraction of sp³-hybridized carbons (Fsp3) is 0.478. The Morgan fingerprint density at radius 1 is 1.15 bits per heavy atom. The van der Waals surface area contributed by atoms with Gasteiger partial charge in [0, 0.05) is 32.6 Å². The number of β-amino-alcohol motifs (C(OH)–C–C–N with tert-alkyl or cyclic N) is 1. The number of aliphatic hydroxyl groups is 1. The third-order valence-electron chi connectivity index (χ3n) is 6.51. The van der Waals surface area contributed by atoms with Crippen molar-refractivity contribution in [3.63, 3.8) is 0 Å². The summed E-state index contributed by atoms with van der Waals surface area (Å²) >= 11 is 0. The predicted octanol–water partition coefficient (Wildman–Crippen LogP) is 1.94. The molecule has 0 aromatic carbocycles. The molecule has 0 unspecified atom stereocenters. The number of hydrogen-bond acceptors (Lipinski definition) is 10. The fourth-order valence-electron chi connectivity index (χ4n) is 4.64. The summed E-state index contributed by atoms with van der Waals surface area (Å²) in [6, 6.07) is 6.05. The van der Waals surface area contributed by atoms with Gasteiger partial charge in [-0.3, -0.25) is 4.79 Å². The van der Waals surface area contributed by atoms with Crippen LogP contribution in [0.3, 0.4) is 0 Å². The third-order valence-corrected chi connectivity index (χ3v) is 6.51. The zero-order valence-corrected chi connectivity index (χ0v) is 18.8. The van der Waals surface area contributed by atoms with E-state index in [0.717, 1.165) is 51.1 Å². The number of anilines is 4. The summed E-state index contributed by atoms with van der Waals surface area (Å²) in [4.78, 5) is 30.6. The molecule has 0 bridgehead atoms. The maximum atomic E-state index is 12.6. The second-order valence-corrected chi connectivity index (χ2v) is 8.90. The zero-order valence-electron chi connectivity index (χ0n) is 18.8. The Balaban J connectivity index is 1.41. The van der Waals surface area contributed by atoms with E-state index in [0.29, 0.717) is 47.2 Å². The van der Waals surface area contributed by atoms with Gasteiger partial charge in [0.25, 0.3) is 5.56 Å². The molecule has 0 spiro atoms. The van der Waals surface area contributed by atoms with Gasteiger partial charge in [0.05, 0.1) is 30.3 Å². The van der Waals surface area contributed by atoms with E-state index < -0.39 is 0 Å². The number of piperidine rings is 2. The minimum absolute atomic E-state index is 0.329. The molecule has 0 saturated carbocycles. The van der Waals surface area contributed by atoms with E-state index >= 15 is 0 Å². The van der Waals surface area contributed by atoms with Crippen LogP contribution in [0.1, 0.15) is 32.1 Å². The number of pyridine rings is 1. The lowest BCUT2D eigenvalue weighted by atomic mass is 9.94. The van der Waals surface area contributed by atoms with Crippen molar-refractivity contribution in [2.45, 2.75) is 38.2 Å². The molecule has 0 amide bonds. The Morgan fingerprint density at radius 2 is 2.00 bits per heavy atom. The second kappa shape index (κ2) is 9.61. The van der Waals surface area contributed by atoms with Gasteiger partial charge in [0.1, 0.15) is 22.5 Å². The number of aliphatic hydroxyl groups excluding tert-OH is 1. The average Bonchev–Trinajstić information content (AvgIpc) is 2.85. The number of fused-ring (bicyclic) bond motifs is 1. The summed E-state index contributed by atoms with van der Waals surface area (Å²) in [5.41, 5.74) is 0.782. The average molecular weight is 462 g/mol. The van der Waals surface area contributed by atoms with Crippen LogP contribution in [-0.4, -0.2) is 62.5 Å². The Bertz CT molecular complexity index is 1250. The molecule has 11 heteroatoms. The van der Waals surface area contributed by atoms with Crippen molar-refractivity contribution in [2.24, 2.45) is 5.92 Å². The van der Waals surface area contributed by atoms with E-state index in [2.05, 4.69) is 41.4 Å². The van der Waals surface area contributed by atoms with Crippen molar-refractivity contribution < 1.29 is 5.11 Å². The molecule has 5 heterocycles. The maximum Gasteiger partial charge on any atom is 0.277 e. The molecule has 11 nitrogen and oxygen atoms in total. The standard InChI is InChI=1S/C23H27N9O2/c24-8-5-15-6-10-31(11-7-15)23-28-18-13-26-30-22(34)20(18)21(29-23)27-16-3-4-19(25-12-16)32-9-1-2-17(33)14-32/h3-4,12-13,15,17,33H,1-2,5-7,9-11,14H2,(H,30,34)(H,27,28,29)/t17-/m0/s1. The lowest BCUT2D eigenvalue weighted by Crippen LogP contribution is -2.38. The first-order valence-corrected chi connectivity index (χ1v) is 11.6. The van der Waals surface area contributed by atoms with Gasteiger partial charge in [-0.1, -0.05) is 0 Å². The Labute approximate surface area is 196 Å². The minimum Gasteiger partial charge on any atom is -0.391 e.